The van der Waals surface area contributed by atoms with E-state index in [0.717, 1.165) is 0 Å². The molecule has 1 aromatic carbocycles. The lowest BCUT2D eigenvalue weighted by molar-refractivity contribution is -0.384. The fraction of sp³-hybridized carbons (Fsp3) is 0.462. The van der Waals surface area contributed by atoms with Gasteiger partial charge in [0.15, 0.2) is 0 Å². The Balaban J connectivity index is 3.49. The highest BCUT2D eigenvalue weighted by Crippen LogP contribution is 2.32. The maximum Gasteiger partial charge on any atom is 0.338 e. The van der Waals surface area contributed by atoms with Crippen molar-refractivity contribution in [2.75, 3.05) is 12.4 Å². The Bertz CT molecular complexity index is 498. The molecule has 0 aliphatic heterocycles. The van der Waals surface area contributed by atoms with Crippen molar-refractivity contribution in [3.63, 3.8) is 0 Å². The molecule has 6 heteroatoms. The van der Waals surface area contributed by atoms with Crippen LogP contribution >= 0.6 is 0 Å². The molecule has 0 unspecified atom stereocenters. The molecule has 0 aromatic heterocycles. The highest BCUT2D eigenvalue weighted by atomic mass is 16.6. The number of esters is 1. The first-order valence-corrected chi connectivity index (χ1v) is 6.07. The molecule has 0 saturated heterocycles. The fourth-order valence-corrected chi connectivity index (χ4v) is 1.91. The molecule has 104 valence electrons. The second kappa shape index (κ2) is 6.17. The summed E-state index contributed by atoms with van der Waals surface area (Å²) in [4.78, 5) is 22.3. The fourth-order valence-electron chi connectivity index (χ4n) is 1.91. The molecular formula is C13H18N2O4. The quantitative estimate of drug-likeness (QED) is 0.503. The minimum absolute atomic E-state index is 0.0249. The third kappa shape index (κ3) is 3.21. The highest BCUT2D eigenvalue weighted by molar-refractivity contribution is 5.94. The molecule has 0 amide bonds. The van der Waals surface area contributed by atoms with Gasteiger partial charge in [-0.25, -0.2) is 4.79 Å². The first-order chi connectivity index (χ1) is 8.92. The number of rotatable bonds is 5. The molecule has 0 spiro atoms. The van der Waals surface area contributed by atoms with Crippen molar-refractivity contribution in [1.82, 2.24) is 0 Å². The van der Waals surface area contributed by atoms with Gasteiger partial charge in [0.05, 0.1) is 17.6 Å². The first kappa shape index (κ1) is 14.9. The van der Waals surface area contributed by atoms with E-state index in [1.165, 1.54) is 19.2 Å². The Morgan fingerprint density at radius 2 is 2.11 bits per heavy atom. The standard InChI is InChI=1S/C13H18N2O4/c1-5-9-10(13(16)19-4)6-7-11(15(17)18)12(9)14-8(2)3/h6-8,14H,5H2,1-4H3. The van der Waals surface area contributed by atoms with Crippen LogP contribution in [0.15, 0.2) is 12.1 Å². The molecule has 19 heavy (non-hydrogen) atoms. The summed E-state index contributed by atoms with van der Waals surface area (Å²) in [7, 11) is 1.29. The van der Waals surface area contributed by atoms with Gasteiger partial charge in [0, 0.05) is 12.1 Å². The topological polar surface area (TPSA) is 81.5 Å². The van der Waals surface area contributed by atoms with Crippen molar-refractivity contribution >= 4 is 17.3 Å². The van der Waals surface area contributed by atoms with Crippen LogP contribution in [0.3, 0.4) is 0 Å². The molecule has 0 aliphatic rings. The van der Waals surface area contributed by atoms with Crippen molar-refractivity contribution in [1.29, 1.82) is 0 Å². The van der Waals surface area contributed by atoms with Crippen molar-refractivity contribution in [3.05, 3.63) is 33.4 Å². The van der Waals surface area contributed by atoms with Crippen molar-refractivity contribution < 1.29 is 14.5 Å². The van der Waals surface area contributed by atoms with Crippen molar-refractivity contribution in [2.24, 2.45) is 0 Å². The van der Waals surface area contributed by atoms with Gasteiger partial charge >= 0.3 is 5.97 Å². The van der Waals surface area contributed by atoms with Crippen LogP contribution in [0.25, 0.3) is 0 Å². The maximum absolute atomic E-state index is 11.7. The normalized spacial score (nSPS) is 10.4. The summed E-state index contributed by atoms with van der Waals surface area (Å²) in [6, 6.07) is 2.79. The van der Waals surface area contributed by atoms with Crippen LogP contribution in [0, 0.1) is 10.1 Å². The smallest absolute Gasteiger partial charge is 0.338 e. The lowest BCUT2D eigenvalue weighted by atomic mass is 10.0. The minimum atomic E-state index is -0.487. The predicted molar refractivity (Wildman–Crippen MR) is 72.6 cm³/mol. The number of nitrogens with zero attached hydrogens (tertiary/aromatic N) is 1. The molecule has 1 aromatic rings. The van der Waals surface area contributed by atoms with Crippen molar-refractivity contribution in [2.45, 2.75) is 33.2 Å². The van der Waals surface area contributed by atoms with Gasteiger partial charge in [0.1, 0.15) is 5.69 Å². The number of nitro groups is 1. The zero-order valence-electron chi connectivity index (χ0n) is 11.5. The summed E-state index contributed by atoms with van der Waals surface area (Å²) >= 11 is 0. The van der Waals surface area contributed by atoms with Gasteiger partial charge in [0.2, 0.25) is 0 Å². The molecule has 0 fully saturated rings. The Labute approximate surface area is 111 Å². The van der Waals surface area contributed by atoms with E-state index in [1.54, 1.807) is 0 Å². The Morgan fingerprint density at radius 1 is 1.47 bits per heavy atom. The molecule has 0 bridgehead atoms. The molecular weight excluding hydrogens is 248 g/mol. The summed E-state index contributed by atoms with van der Waals surface area (Å²) in [6.45, 7) is 5.61. The number of hydrogen-bond donors (Lipinski definition) is 1. The number of methoxy groups -OCH3 is 1. The number of hydrogen-bond acceptors (Lipinski definition) is 5. The van der Waals surface area contributed by atoms with E-state index in [2.05, 4.69) is 5.32 Å². The lowest BCUT2D eigenvalue weighted by Gasteiger charge is -2.16. The van der Waals surface area contributed by atoms with E-state index in [-0.39, 0.29) is 11.7 Å². The van der Waals surface area contributed by atoms with Gasteiger partial charge < -0.3 is 10.1 Å². The summed E-state index contributed by atoms with van der Waals surface area (Å²) < 4.78 is 4.70. The highest BCUT2D eigenvalue weighted by Gasteiger charge is 2.23. The Hall–Kier alpha value is -2.11. The van der Waals surface area contributed by atoms with Crippen LogP contribution in [-0.2, 0) is 11.2 Å². The number of anilines is 1. The number of nitrogens with one attached hydrogen (secondary N) is 1. The van der Waals surface area contributed by atoms with Gasteiger partial charge in [-0.15, -0.1) is 0 Å². The zero-order valence-corrected chi connectivity index (χ0v) is 11.5. The molecule has 0 aliphatic carbocycles. The minimum Gasteiger partial charge on any atom is -0.465 e. The van der Waals surface area contributed by atoms with Crippen LogP contribution < -0.4 is 5.32 Å². The Kier molecular flexibility index (Phi) is 4.86. The second-order valence-electron chi connectivity index (χ2n) is 4.39. The predicted octanol–water partition coefficient (Wildman–Crippen LogP) is 2.76. The van der Waals surface area contributed by atoms with Crippen LogP contribution in [0.1, 0.15) is 36.7 Å². The summed E-state index contributed by atoms with van der Waals surface area (Å²) in [6.07, 6.45) is 0.501. The maximum atomic E-state index is 11.7. The molecule has 0 atom stereocenters. The molecule has 0 heterocycles. The van der Waals surface area contributed by atoms with E-state index < -0.39 is 10.9 Å². The number of carbonyl (C=O) groups is 1. The second-order valence-corrected chi connectivity index (χ2v) is 4.39. The van der Waals surface area contributed by atoms with Crippen molar-refractivity contribution in [3.8, 4) is 0 Å². The van der Waals surface area contributed by atoms with Gasteiger partial charge in [-0.3, -0.25) is 10.1 Å². The van der Waals surface area contributed by atoms with E-state index in [0.29, 0.717) is 23.2 Å². The molecule has 1 rings (SSSR count). The number of carbonyl (C=O) groups excluding carboxylic acids is 1. The van der Waals surface area contributed by atoms with Crippen LogP contribution in [0.2, 0.25) is 0 Å². The van der Waals surface area contributed by atoms with E-state index in [4.69, 9.17) is 4.74 Å². The van der Waals surface area contributed by atoms with E-state index >= 15 is 0 Å². The third-order valence-corrected chi connectivity index (χ3v) is 2.68. The van der Waals surface area contributed by atoms with E-state index in [9.17, 15) is 14.9 Å². The molecule has 1 N–H and O–H groups in total. The average molecular weight is 266 g/mol. The molecule has 0 saturated carbocycles. The monoisotopic (exact) mass is 266 g/mol. The lowest BCUT2D eigenvalue weighted by Crippen LogP contribution is -2.16. The van der Waals surface area contributed by atoms with Gasteiger partial charge in [-0.2, -0.15) is 0 Å². The summed E-state index contributed by atoms with van der Waals surface area (Å²) in [5, 5.41) is 14.1. The largest absolute Gasteiger partial charge is 0.465 e. The number of benzene rings is 1. The third-order valence-electron chi connectivity index (χ3n) is 2.68. The van der Waals surface area contributed by atoms with E-state index in [1.807, 2.05) is 20.8 Å². The number of nitro benzene ring substituents is 1. The van der Waals surface area contributed by atoms with Gasteiger partial charge in [0.25, 0.3) is 5.69 Å². The van der Waals surface area contributed by atoms with Crippen LogP contribution in [0.4, 0.5) is 11.4 Å². The molecule has 0 radical (unpaired) electrons. The summed E-state index contributed by atoms with van der Waals surface area (Å²) in [5.41, 5.74) is 1.33. The van der Waals surface area contributed by atoms with Gasteiger partial charge in [-0.1, -0.05) is 6.92 Å². The SMILES string of the molecule is CCc1c(C(=O)OC)ccc([N+](=O)[O-])c1NC(C)C. The first-order valence-electron chi connectivity index (χ1n) is 6.07. The van der Waals surface area contributed by atoms with Crippen LogP contribution in [-0.4, -0.2) is 24.0 Å². The summed E-state index contributed by atoms with van der Waals surface area (Å²) in [5.74, 6) is -0.487. The molecule has 6 nitrogen and oxygen atoms in total. The van der Waals surface area contributed by atoms with Crippen LogP contribution in [0.5, 0.6) is 0 Å². The zero-order chi connectivity index (χ0) is 14.6. The number of ether oxygens (including phenoxy) is 1. The Morgan fingerprint density at radius 3 is 2.53 bits per heavy atom. The average Bonchev–Trinajstić information content (AvgIpc) is 2.36. The van der Waals surface area contributed by atoms with Gasteiger partial charge in [-0.05, 0) is 31.9 Å².